The summed E-state index contributed by atoms with van der Waals surface area (Å²) in [6.45, 7) is 4.18. The van der Waals surface area contributed by atoms with Crippen molar-refractivity contribution in [3.8, 4) is 11.5 Å². The van der Waals surface area contributed by atoms with Crippen LogP contribution >= 0.6 is 0 Å². The molecule has 23 heavy (non-hydrogen) atoms. The third-order valence-electron chi connectivity index (χ3n) is 3.61. The van der Waals surface area contributed by atoms with E-state index in [0.717, 1.165) is 16.7 Å². The topological polar surface area (TPSA) is 64.6 Å². The number of benzene rings is 2. The number of methoxy groups -OCH3 is 2. The Morgan fingerprint density at radius 1 is 1.00 bits per heavy atom. The molecule has 0 radical (unpaired) electrons. The van der Waals surface area contributed by atoms with Gasteiger partial charge < -0.3 is 9.47 Å². The molecule has 0 aliphatic rings. The zero-order chi connectivity index (χ0) is 17.0. The lowest BCUT2D eigenvalue weighted by atomic mass is 10.1. The van der Waals surface area contributed by atoms with Crippen molar-refractivity contribution in [2.75, 3.05) is 14.2 Å². The number of hydrogen-bond donors (Lipinski definition) is 1. The second-order valence-electron chi connectivity index (χ2n) is 5.27. The molecule has 0 aromatic heterocycles. The normalized spacial score (nSPS) is 11.3. The van der Waals surface area contributed by atoms with Gasteiger partial charge >= 0.3 is 0 Å². The quantitative estimate of drug-likeness (QED) is 0.882. The summed E-state index contributed by atoms with van der Waals surface area (Å²) in [5.41, 5.74) is 3.12. The molecule has 0 saturated heterocycles. The summed E-state index contributed by atoms with van der Waals surface area (Å²) in [5.74, 6) is 0.733. The Hall–Kier alpha value is -2.05. The fraction of sp³-hybridized carbons (Fsp3) is 0.294. The number of ether oxygens (including phenoxy) is 2. The minimum atomic E-state index is -3.72. The maximum Gasteiger partial charge on any atom is 0.244 e. The summed E-state index contributed by atoms with van der Waals surface area (Å²) in [7, 11) is -0.793. The first-order valence-electron chi connectivity index (χ1n) is 7.15. The molecule has 5 nitrogen and oxygen atoms in total. The third-order valence-corrected chi connectivity index (χ3v) is 5.03. The highest BCUT2D eigenvalue weighted by atomic mass is 32.2. The lowest BCUT2D eigenvalue weighted by Crippen LogP contribution is -2.24. The van der Waals surface area contributed by atoms with E-state index in [1.54, 1.807) is 12.1 Å². The molecular weight excluding hydrogens is 314 g/mol. The molecule has 2 aromatic rings. The SMILES string of the molecule is COc1ccc(OC)c(S(=O)(=O)NCc2ccc(C)cc2C)c1. The first-order chi connectivity index (χ1) is 10.9. The molecule has 0 saturated carbocycles. The Bertz CT molecular complexity index is 800. The maximum atomic E-state index is 12.6. The highest BCUT2D eigenvalue weighted by Crippen LogP contribution is 2.28. The molecule has 0 amide bonds. The van der Waals surface area contributed by atoms with Gasteiger partial charge in [-0.15, -0.1) is 0 Å². The Morgan fingerprint density at radius 3 is 2.35 bits per heavy atom. The number of nitrogens with one attached hydrogen (secondary N) is 1. The van der Waals surface area contributed by atoms with Crippen molar-refractivity contribution in [2.24, 2.45) is 0 Å². The molecule has 6 heteroatoms. The van der Waals surface area contributed by atoms with Crippen molar-refractivity contribution in [1.29, 1.82) is 0 Å². The van der Waals surface area contributed by atoms with Gasteiger partial charge in [-0.2, -0.15) is 0 Å². The summed E-state index contributed by atoms with van der Waals surface area (Å²) in [5, 5.41) is 0. The van der Waals surface area contributed by atoms with Crippen LogP contribution in [0.25, 0.3) is 0 Å². The van der Waals surface area contributed by atoms with E-state index >= 15 is 0 Å². The molecule has 0 fully saturated rings. The van der Waals surface area contributed by atoms with E-state index in [-0.39, 0.29) is 17.2 Å². The van der Waals surface area contributed by atoms with Crippen molar-refractivity contribution in [3.63, 3.8) is 0 Å². The molecule has 0 spiro atoms. The molecule has 0 atom stereocenters. The Kier molecular flexibility index (Phi) is 5.28. The number of hydrogen-bond acceptors (Lipinski definition) is 4. The van der Waals surface area contributed by atoms with Gasteiger partial charge in [-0.05, 0) is 37.1 Å². The average molecular weight is 335 g/mol. The van der Waals surface area contributed by atoms with Crippen LogP contribution in [-0.2, 0) is 16.6 Å². The molecule has 0 bridgehead atoms. The van der Waals surface area contributed by atoms with Gasteiger partial charge in [0.25, 0.3) is 0 Å². The second kappa shape index (κ2) is 7.02. The van der Waals surface area contributed by atoms with Crippen LogP contribution in [0.3, 0.4) is 0 Å². The summed E-state index contributed by atoms with van der Waals surface area (Å²) in [6, 6.07) is 10.6. The van der Waals surface area contributed by atoms with Crippen molar-refractivity contribution in [1.82, 2.24) is 4.72 Å². The van der Waals surface area contributed by atoms with Gasteiger partial charge in [-0.25, -0.2) is 13.1 Å². The highest BCUT2D eigenvalue weighted by molar-refractivity contribution is 7.89. The van der Waals surface area contributed by atoms with Gasteiger partial charge in [0.15, 0.2) is 0 Å². The number of aryl methyl sites for hydroxylation is 2. The van der Waals surface area contributed by atoms with E-state index in [1.165, 1.54) is 20.3 Å². The van der Waals surface area contributed by atoms with E-state index in [1.807, 2.05) is 32.0 Å². The molecule has 0 aliphatic heterocycles. The minimum Gasteiger partial charge on any atom is -0.497 e. The van der Waals surface area contributed by atoms with E-state index < -0.39 is 10.0 Å². The summed E-state index contributed by atoms with van der Waals surface area (Å²) in [4.78, 5) is 0.0594. The van der Waals surface area contributed by atoms with E-state index in [9.17, 15) is 8.42 Å². The molecule has 2 rings (SSSR count). The van der Waals surface area contributed by atoms with Crippen molar-refractivity contribution < 1.29 is 17.9 Å². The first kappa shape index (κ1) is 17.3. The Morgan fingerprint density at radius 2 is 1.74 bits per heavy atom. The van der Waals surface area contributed by atoms with Gasteiger partial charge in [-0.1, -0.05) is 23.8 Å². The summed E-state index contributed by atoms with van der Waals surface area (Å²) >= 11 is 0. The zero-order valence-electron chi connectivity index (χ0n) is 13.7. The van der Waals surface area contributed by atoms with Gasteiger partial charge in [0.1, 0.15) is 16.4 Å². The van der Waals surface area contributed by atoms with E-state index in [4.69, 9.17) is 9.47 Å². The largest absolute Gasteiger partial charge is 0.497 e. The van der Waals surface area contributed by atoms with Crippen molar-refractivity contribution >= 4 is 10.0 Å². The number of rotatable bonds is 6. The monoisotopic (exact) mass is 335 g/mol. The van der Waals surface area contributed by atoms with Crippen molar-refractivity contribution in [2.45, 2.75) is 25.3 Å². The standard InChI is InChI=1S/C17H21NO4S/c1-12-5-6-14(13(2)9-12)11-18-23(19,20)17-10-15(21-3)7-8-16(17)22-4/h5-10,18H,11H2,1-4H3. The Labute approximate surface area is 137 Å². The van der Waals surface area contributed by atoms with Crippen LogP contribution in [0.5, 0.6) is 11.5 Å². The molecule has 0 heterocycles. The average Bonchev–Trinajstić information content (AvgIpc) is 2.53. The van der Waals surface area contributed by atoms with Crippen LogP contribution in [0, 0.1) is 13.8 Å². The van der Waals surface area contributed by atoms with Crippen LogP contribution in [0.15, 0.2) is 41.3 Å². The third kappa shape index (κ3) is 4.03. The number of sulfonamides is 1. The Balaban J connectivity index is 2.28. The molecule has 1 N–H and O–H groups in total. The summed E-state index contributed by atoms with van der Waals surface area (Å²) < 4.78 is 38.0. The van der Waals surface area contributed by atoms with Crippen LogP contribution < -0.4 is 14.2 Å². The molecule has 0 aliphatic carbocycles. The van der Waals surface area contributed by atoms with Gasteiger partial charge in [0.2, 0.25) is 10.0 Å². The smallest absolute Gasteiger partial charge is 0.244 e. The van der Waals surface area contributed by atoms with Gasteiger partial charge in [-0.3, -0.25) is 0 Å². The molecule has 124 valence electrons. The van der Waals surface area contributed by atoms with Crippen LogP contribution in [0.2, 0.25) is 0 Å². The highest BCUT2D eigenvalue weighted by Gasteiger charge is 2.20. The maximum absolute atomic E-state index is 12.6. The summed E-state index contributed by atoms with van der Waals surface area (Å²) in [6.07, 6.45) is 0. The predicted molar refractivity (Wildman–Crippen MR) is 89.5 cm³/mol. The first-order valence-corrected chi connectivity index (χ1v) is 8.63. The molecule has 2 aromatic carbocycles. The van der Waals surface area contributed by atoms with Gasteiger partial charge in [0.05, 0.1) is 14.2 Å². The lowest BCUT2D eigenvalue weighted by Gasteiger charge is -2.13. The minimum absolute atomic E-state index is 0.0594. The molecular formula is C17H21NO4S. The molecule has 0 unspecified atom stereocenters. The van der Waals surface area contributed by atoms with Gasteiger partial charge in [0, 0.05) is 12.6 Å². The fourth-order valence-corrected chi connectivity index (χ4v) is 3.48. The second-order valence-corrected chi connectivity index (χ2v) is 7.01. The van der Waals surface area contributed by atoms with Crippen LogP contribution in [0.1, 0.15) is 16.7 Å². The zero-order valence-corrected chi connectivity index (χ0v) is 14.5. The van der Waals surface area contributed by atoms with Crippen molar-refractivity contribution in [3.05, 3.63) is 53.1 Å². The predicted octanol–water partition coefficient (Wildman–Crippen LogP) is 2.80. The van der Waals surface area contributed by atoms with Crippen LogP contribution in [0.4, 0.5) is 0 Å². The lowest BCUT2D eigenvalue weighted by molar-refractivity contribution is 0.392. The fourth-order valence-electron chi connectivity index (χ4n) is 2.29. The van der Waals surface area contributed by atoms with Crippen LogP contribution in [-0.4, -0.2) is 22.6 Å². The van der Waals surface area contributed by atoms with E-state index in [0.29, 0.717) is 5.75 Å². The van der Waals surface area contributed by atoms with E-state index in [2.05, 4.69) is 4.72 Å².